The lowest BCUT2D eigenvalue weighted by Gasteiger charge is -2.31. The molecule has 0 aromatic heterocycles. The number of fused-ring (bicyclic) bond motifs is 1. The third-order valence-corrected chi connectivity index (χ3v) is 6.48. The van der Waals surface area contributed by atoms with E-state index < -0.39 is 15.7 Å². The van der Waals surface area contributed by atoms with Crippen LogP contribution in [0.5, 0.6) is 0 Å². The molecule has 1 heterocycles. The Labute approximate surface area is 124 Å². The van der Waals surface area contributed by atoms with Gasteiger partial charge in [0, 0.05) is 21.3 Å². The van der Waals surface area contributed by atoms with E-state index >= 15 is 0 Å². The van der Waals surface area contributed by atoms with Gasteiger partial charge >= 0.3 is 0 Å². The average Bonchev–Trinajstić information content (AvgIpc) is 3.24. The predicted molar refractivity (Wildman–Crippen MR) is 78.2 cm³/mol. The van der Waals surface area contributed by atoms with E-state index in [1.165, 1.54) is 19.3 Å². The van der Waals surface area contributed by atoms with Crippen molar-refractivity contribution in [2.24, 2.45) is 11.8 Å². The zero-order chi connectivity index (χ0) is 14.6. The first kappa shape index (κ1) is 16.4. The minimum absolute atomic E-state index is 0.294. The Hall–Kier alpha value is 0.0169. The summed E-state index contributed by atoms with van der Waals surface area (Å²) < 4.78 is 27.3. The molecule has 0 spiro atoms. The maximum atomic E-state index is 5.91. The molecule has 2 rings (SSSR count). The summed E-state index contributed by atoms with van der Waals surface area (Å²) in [6.45, 7) is 2.63. The van der Waals surface area contributed by atoms with E-state index in [0.717, 1.165) is 12.0 Å². The standard InChI is InChI=1S/C14H28O5Si/c1-10(11-5-6-12-13(7-11)18-12)8-20-19-14(16-3,17-4)9-15-2/h10-13H,5-9,20H2,1-4H3. The number of hydrogen-bond donors (Lipinski definition) is 0. The topological polar surface area (TPSA) is 49.5 Å². The molecule has 4 atom stereocenters. The zero-order valence-electron chi connectivity index (χ0n) is 13.1. The van der Waals surface area contributed by atoms with Crippen molar-refractivity contribution in [1.82, 2.24) is 0 Å². The van der Waals surface area contributed by atoms with Gasteiger partial charge in [-0.25, -0.2) is 0 Å². The van der Waals surface area contributed by atoms with Gasteiger partial charge in [0.15, 0.2) is 9.76 Å². The molecule has 0 bridgehead atoms. The van der Waals surface area contributed by atoms with Crippen LogP contribution >= 0.6 is 0 Å². The first-order valence-corrected chi connectivity index (χ1v) is 9.10. The van der Waals surface area contributed by atoms with Crippen LogP contribution in [0, 0.1) is 11.8 Å². The van der Waals surface area contributed by atoms with Crippen molar-refractivity contribution in [3.63, 3.8) is 0 Å². The van der Waals surface area contributed by atoms with Crippen molar-refractivity contribution in [2.45, 2.75) is 50.4 Å². The molecule has 0 radical (unpaired) electrons. The molecule has 2 fully saturated rings. The summed E-state index contributed by atoms with van der Waals surface area (Å²) in [5, 5.41) is 0. The van der Waals surface area contributed by atoms with Crippen LogP contribution in [0.3, 0.4) is 0 Å². The Kier molecular flexibility index (Phi) is 6.01. The third-order valence-electron chi connectivity index (χ3n) is 4.69. The van der Waals surface area contributed by atoms with Gasteiger partial charge in [-0.1, -0.05) is 6.92 Å². The molecular formula is C14H28O5Si. The van der Waals surface area contributed by atoms with Gasteiger partial charge in [-0.15, -0.1) is 0 Å². The van der Waals surface area contributed by atoms with Gasteiger partial charge in [0.25, 0.3) is 5.97 Å². The van der Waals surface area contributed by atoms with Crippen LogP contribution in [0.1, 0.15) is 26.2 Å². The monoisotopic (exact) mass is 304 g/mol. The summed E-state index contributed by atoms with van der Waals surface area (Å²) in [6, 6.07) is 1.14. The highest BCUT2D eigenvalue weighted by molar-refractivity contribution is 6.27. The van der Waals surface area contributed by atoms with Gasteiger partial charge in [0.05, 0.1) is 12.2 Å². The fraction of sp³-hybridized carbons (Fsp3) is 1.00. The Morgan fingerprint density at radius 2 is 1.95 bits per heavy atom. The fourth-order valence-corrected chi connectivity index (χ4v) is 4.72. The normalized spacial score (nSPS) is 31.5. The van der Waals surface area contributed by atoms with E-state index in [4.69, 9.17) is 23.4 Å². The van der Waals surface area contributed by atoms with E-state index in [2.05, 4.69) is 6.92 Å². The van der Waals surface area contributed by atoms with Gasteiger partial charge in [0.2, 0.25) is 0 Å². The second-order valence-corrected chi connectivity index (χ2v) is 7.20. The van der Waals surface area contributed by atoms with Gasteiger partial charge in [-0.3, -0.25) is 0 Å². The minimum Gasteiger partial charge on any atom is -0.376 e. The lowest BCUT2D eigenvalue weighted by Crippen LogP contribution is -2.43. The van der Waals surface area contributed by atoms with Crippen molar-refractivity contribution in [1.29, 1.82) is 0 Å². The summed E-state index contributed by atoms with van der Waals surface area (Å²) >= 11 is 0. The van der Waals surface area contributed by atoms with E-state index in [1.54, 1.807) is 21.3 Å². The van der Waals surface area contributed by atoms with Crippen LogP contribution in [0.15, 0.2) is 0 Å². The molecule has 2 aliphatic rings. The molecule has 0 aromatic carbocycles. The maximum absolute atomic E-state index is 5.91. The Morgan fingerprint density at radius 1 is 1.20 bits per heavy atom. The van der Waals surface area contributed by atoms with Crippen LogP contribution < -0.4 is 0 Å². The molecule has 4 unspecified atom stereocenters. The molecule has 1 saturated carbocycles. The molecule has 0 aromatic rings. The Balaban J connectivity index is 1.70. The highest BCUT2D eigenvalue weighted by Crippen LogP contribution is 2.42. The van der Waals surface area contributed by atoms with Gasteiger partial charge < -0.3 is 23.4 Å². The first-order chi connectivity index (χ1) is 9.64. The second kappa shape index (κ2) is 7.33. The lowest BCUT2D eigenvalue weighted by molar-refractivity contribution is -0.339. The van der Waals surface area contributed by atoms with Gasteiger partial charge in [0.1, 0.15) is 6.61 Å². The molecule has 1 aliphatic carbocycles. The largest absolute Gasteiger partial charge is 0.376 e. The smallest absolute Gasteiger partial charge is 0.297 e. The first-order valence-electron chi connectivity index (χ1n) is 7.52. The van der Waals surface area contributed by atoms with Gasteiger partial charge in [-0.05, 0) is 37.1 Å². The predicted octanol–water partition coefficient (Wildman–Crippen LogP) is 1.30. The molecule has 1 aliphatic heterocycles. The van der Waals surface area contributed by atoms with Crippen LogP contribution in [0.2, 0.25) is 6.04 Å². The Morgan fingerprint density at radius 3 is 2.55 bits per heavy atom. The molecule has 118 valence electrons. The second-order valence-electron chi connectivity index (χ2n) is 5.92. The summed E-state index contributed by atoms with van der Waals surface area (Å²) in [7, 11) is 4.10. The third kappa shape index (κ3) is 4.02. The van der Waals surface area contributed by atoms with E-state index in [-0.39, 0.29) is 0 Å². The van der Waals surface area contributed by atoms with Crippen molar-refractivity contribution in [3.05, 3.63) is 0 Å². The van der Waals surface area contributed by atoms with Crippen molar-refractivity contribution in [2.75, 3.05) is 27.9 Å². The van der Waals surface area contributed by atoms with Crippen LogP contribution in [-0.2, 0) is 23.4 Å². The van der Waals surface area contributed by atoms with Gasteiger partial charge in [-0.2, -0.15) is 0 Å². The summed E-state index contributed by atoms with van der Waals surface area (Å²) in [5.74, 6) is 0.468. The summed E-state index contributed by atoms with van der Waals surface area (Å²) in [5.41, 5.74) is 0. The van der Waals surface area contributed by atoms with E-state index in [1.807, 2.05) is 0 Å². The van der Waals surface area contributed by atoms with Crippen molar-refractivity contribution < 1.29 is 23.4 Å². The molecule has 0 N–H and O–H groups in total. The molecular weight excluding hydrogens is 276 g/mol. The highest BCUT2D eigenvalue weighted by Gasteiger charge is 2.44. The molecule has 5 nitrogen and oxygen atoms in total. The summed E-state index contributed by atoms with van der Waals surface area (Å²) in [4.78, 5) is 0. The minimum atomic E-state index is -1.02. The number of epoxide rings is 1. The highest BCUT2D eigenvalue weighted by atomic mass is 28.2. The van der Waals surface area contributed by atoms with Crippen LogP contribution in [-0.4, -0.2) is 55.9 Å². The summed E-state index contributed by atoms with van der Waals surface area (Å²) in [6.07, 6.45) is 4.92. The molecule has 0 amide bonds. The SMILES string of the molecule is COCC(OC)(OC)O[SiH2]CC(C)C1CCC2OC2C1. The number of ether oxygens (including phenoxy) is 4. The van der Waals surface area contributed by atoms with E-state index in [0.29, 0.717) is 24.7 Å². The van der Waals surface area contributed by atoms with Crippen molar-refractivity contribution >= 4 is 9.76 Å². The maximum Gasteiger partial charge on any atom is 0.297 e. The molecule has 1 saturated heterocycles. The number of methoxy groups -OCH3 is 3. The fourth-order valence-electron chi connectivity index (χ4n) is 3.13. The number of hydrogen-bond acceptors (Lipinski definition) is 5. The molecule has 20 heavy (non-hydrogen) atoms. The van der Waals surface area contributed by atoms with E-state index in [9.17, 15) is 0 Å². The Bertz CT molecular complexity index is 297. The quantitative estimate of drug-likeness (QED) is 0.365. The lowest BCUT2D eigenvalue weighted by atomic mass is 9.82. The number of rotatable bonds is 9. The zero-order valence-corrected chi connectivity index (χ0v) is 14.5. The van der Waals surface area contributed by atoms with Crippen LogP contribution in [0.4, 0.5) is 0 Å². The average molecular weight is 304 g/mol. The molecule has 6 heteroatoms. The van der Waals surface area contributed by atoms with Crippen LogP contribution in [0.25, 0.3) is 0 Å². The van der Waals surface area contributed by atoms with Crippen molar-refractivity contribution in [3.8, 4) is 0 Å².